The molecule has 1 aromatic carbocycles. The normalized spacial score (nSPS) is 22.7. The van der Waals surface area contributed by atoms with Crippen molar-refractivity contribution >= 4 is 21.6 Å². The number of sulfone groups is 1. The van der Waals surface area contributed by atoms with Gasteiger partial charge in [0.25, 0.3) is 0 Å². The minimum absolute atomic E-state index is 0.124. The monoisotopic (exact) mass is 387 g/mol. The zero-order chi connectivity index (χ0) is 18.9. The summed E-state index contributed by atoms with van der Waals surface area (Å²) < 4.78 is 23.5. The van der Waals surface area contributed by atoms with E-state index >= 15 is 0 Å². The van der Waals surface area contributed by atoms with E-state index in [9.17, 15) is 8.42 Å². The lowest BCUT2D eigenvalue weighted by Gasteiger charge is -2.33. The van der Waals surface area contributed by atoms with E-state index in [-0.39, 0.29) is 17.5 Å². The number of hydrogen-bond acceptors (Lipinski definition) is 7. The summed E-state index contributed by atoms with van der Waals surface area (Å²) in [5.74, 6) is 1.78. The van der Waals surface area contributed by atoms with Gasteiger partial charge >= 0.3 is 0 Å². The van der Waals surface area contributed by atoms with Gasteiger partial charge in [-0.15, -0.1) is 0 Å². The smallest absolute Gasteiger partial charge is 0.225 e. The number of likely N-dealkylation sites (N-methyl/N-ethyl adjacent to an activating group) is 1. The zero-order valence-electron chi connectivity index (χ0n) is 15.5. The number of piperazine rings is 1. The number of anilines is 2. The quantitative estimate of drug-likeness (QED) is 0.852. The molecule has 0 bridgehead atoms. The second kappa shape index (κ2) is 7.44. The third kappa shape index (κ3) is 4.39. The molecule has 0 radical (unpaired) electrons. The molecule has 0 amide bonds. The molecule has 7 nitrogen and oxygen atoms in total. The van der Waals surface area contributed by atoms with Gasteiger partial charge in [-0.1, -0.05) is 30.3 Å². The Morgan fingerprint density at radius 3 is 2.48 bits per heavy atom. The first-order valence-corrected chi connectivity index (χ1v) is 11.2. The van der Waals surface area contributed by atoms with Crippen molar-refractivity contribution in [3.63, 3.8) is 0 Å². The summed E-state index contributed by atoms with van der Waals surface area (Å²) in [6.07, 6.45) is 0.602. The van der Waals surface area contributed by atoms with Gasteiger partial charge in [0.1, 0.15) is 5.82 Å². The van der Waals surface area contributed by atoms with E-state index in [2.05, 4.69) is 27.1 Å². The van der Waals surface area contributed by atoms with Gasteiger partial charge in [-0.3, -0.25) is 0 Å². The van der Waals surface area contributed by atoms with Crippen molar-refractivity contribution in [1.29, 1.82) is 0 Å². The second-order valence-electron chi connectivity index (χ2n) is 7.34. The van der Waals surface area contributed by atoms with Crippen LogP contribution in [0.1, 0.15) is 6.42 Å². The molecule has 0 saturated carbocycles. The Balaban J connectivity index is 1.64. The van der Waals surface area contributed by atoms with E-state index in [1.165, 1.54) is 0 Å². The number of benzene rings is 1. The van der Waals surface area contributed by atoms with E-state index in [0.717, 1.165) is 43.3 Å². The summed E-state index contributed by atoms with van der Waals surface area (Å²) in [7, 11) is -0.823. The van der Waals surface area contributed by atoms with E-state index in [4.69, 9.17) is 4.98 Å². The minimum atomic E-state index is -2.95. The lowest BCUT2D eigenvalue weighted by atomic mass is 10.1. The fourth-order valence-corrected chi connectivity index (χ4v) is 5.22. The summed E-state index contributed by atoms with van der Waals surface area (Å²) >= 11 is 0. The van der Waals surface area contributed by atoms with Crippen LogP contribution in [0.15, 0.2) is 36.4 Å². The molecule has 2 saturated heterocycles. The van der Waals surface area contributed by atoms with Crippen LogP contribution in [0.3, 0.4) is 0 Å². The Kier molecular flexibility index (Phi) is 5.01. The van der Waals surface area contributed by atoms with Gasteiger partial charge in [-0.05, 0) is 13.5 Å². The Hall–Kier alpha value is -2.19. The van der Waals surface area contributed by atoms with Gasteiger partial charge in [0.2, 0.25) is 5.95 Å². The van der Waals surface area contributed by atoms with Crippen molar-refractivity contribution in [1.82, 2.24) is 14.9 Å². The first kappa shape index (κ1) is 18.2. The SMILES string of the molecule is CN1CCN(c2cc(-c3ccccc3)nc(NC3CCS(=O)(=O)C3)n2)CC1. The Bertz CT molecular complexity index is 896. The summed E-state index contributed by atoms with van der Waals surface area (Å²) in [4.78, 5) is 14.0. The molecule has 0 aliphatic carbocycles. The van der Waals surface area contributed by atoms with Crippen molar-refractivity contribution in [2.75, 3.05) is 54.9 Å². The molecular formula is C19H25N5O2S. The molecule has 0 spiro atoms. The van der Waals surface area contributed by atoms with Gasteiger partial charge in [0.15, 0.2) is 9.84 Å². The molecule has 2 aliphatic rings. The zero-order valence-corrected chi connectivity index (χ0v) is 16.3. The van der Waals surface area contributed by atoms with Crippen LogP contribution in [0.5, 0.6) is 0 Å². The molecule has 1 atom stereocenters. The highest BCUT2D eigenvalue weighted by Gasteiger charge is 2.28. The van der Waals surface area contributed by atoms with Crippen LogP contribution < -0.4 is 10.2 Å². The minimum Gasteiger partial charge on any atom is -0.354 e. The summed E-state index contributed by atoms with van der Waals surface area (Å²) in [6, 6.07) is 11.9. The third-order valence-electron chi connectivity index (χ3n) is 5.18. The molecule has 144 valence electrons. The van der Waals surface area contributed by atoms with E-state index < -0.39 is 9.84 Å². The van der Waals surface area contributed by atoms with Crippen LogP contribution in [0.4, 0.5) is 11.8 Å². The average molecular weight is 388 g/mol. The number of rotatable bonds is 4. The molecule has 1 N–H and O–H groups in total. The Morgan fingerprint density at radius 1 is 1.07 bits per heavy atom. The lowest BCUT2D eigenvalue weighted by Crippen LogP contribution is -2.44. The molecule has 8 heteroatoms. The van der Waals surface area contributed by atoms with Crippen molar-refractivity contribution in [3.8, 4) is 11.3 Å². The van der Waals surface area contributed by atoms with Gasteiger partial charge in [-0.2, -0.15) is 4.98 Å². The number of hydrogen-bond donors (Lipinski definition) is 1. The van der Waals surface area contributed by atoms with Crippen LogP contribution in [0, 0.1) is 0 Å². The first-order chi connectivity index (χ1) is 13.0. The van der Waals surface area contributed by atoms with Crippen molar-refractivity contribution in [3.05, 3.63) is 36.4 Å². The fourth-order valence-electron chi connectivity index (χ4n) is 3.54. The molecule has 1 aromatic heterocycles. The predicted octanol–water partition coefficient (Wildman–Crippen LogP) is 1.49. The highest BCUT2D eigenvalue weighted by atomic mass is 32.2. The molecule has 2 fully saturated rings. The predicted molar refractivity (Wildman–Crippen MR) is 108 cm³/mol. The van der Waals surface area contributed by atoms with E-state index in [1.54, 1.807) is 0 Å². The topological polar surface area (TPSA) is 78.4 Å². The van der Waals surface area contributed by atoms with Crippen LogP contribution in [0.2, 0.25) is 0 Å². The number of nitrogens with zero attached hydrogens (tertiary/aromatic N) is 4. The second-order valence-corrected chi connectivity index (χ2v) is 9.56. The van der Waals surface area contributed by atoms with Crippen molar-refractivity contribution in [2.45, 2.75) is 12.5 Å². The van der Waals surface area contributed by atoms with E-state index in [0.29, 0.717) is 12.4 Å². The van der Waals surface area contributed by atoms with Crippen LogP contribution in [-0.2, 0) is 9.84 Å². The first-order valence-electron chi connectivity index (χ1n) is 9.33. The van der Waals surface area contributed by atoms with E-state index in [1.807, 2.05) is 36.4 Å². The van der Waals surface area contributed by atoms with Gasteiger partial charge < -0.3 is 15.1 Å². The molecule has 3 heterocycles. The molecule has 4 rings (SSSR count). The van der Waals surface area contributed by atoms with Crippen LogP contribution >= 0.6 is 0 Å². The molecule has 2 aliphatic heterocycles. The summed E-state index contributed by atoms with van der Waals surface area (Å²) in [5, 5.41) is 3.26. The third-order valence-corrected chi connectivity index (χ3v) is 6.94. The summed E-state index contributed by atoms with van der Waals surface area (Å²) in [6.45, 7) is 3.82. The largest absolute Gasteiger partial charge is 0.354 e. The maximum Gasteiger partial charge on any atom is 0.225 e. The van der Waals surface area contributed by atoms with Crippen LogP contribution in [0.25, 0.3) is 11.3 Å². The molecule has 2 aromatic rings. The maximum atomic E-state index is 11.8. The molecule has 1 unspecified atom stereocenters. The van der Waals surface area contributed by atoms with Gasteiger partial charge in [0.05, 0.1) is 17.2 Å². The fraction of sp³-hybridized carbons (Fsp3) is 0.474. The highest BCUT2D eigenvalue weighted by molar-refractivity contribution is 7.91. The molecular weight excluding hydrogens is 362 g/mol. The Morgan fingerprint density at radius 2 is 1.81 bits per heavy atom. The average Bonchev–Trinajstić information content (AvgIpc) is 3.01. The van der Waals surface area contributed by atoms with Gasteiger partial charge in [0, 0.05) is 43.9 Å². The Labute approximate surface area is 160 Å². The standard InChI is InChI=1S/C19H25N5O2S/c1-23-8-10-24(11-9-23)18-13-17(15-5-3-2-4-6-15)21-19(22-18)20-16-7-12-27(25,26)14-16/h2-6,13,16H,7-12,14H2,1H3,(H,20,21,22). The highest BCUT2D eigenvalue weighted by Crippen LogP contribution is 2.25. The molecule has 27 heavy (non-hydrogen) atoms. The lowest BCUT2D eigenvalue weighted by molar-refractivity contribution is 0.312. The number of nitrogens with one attached hydrogen (secondary N) is 1. The number of aromatic nitrogens is 2. The van der Waals surface area contributed by atoms with Gasteiger partial charge in [-0.25, -0.2) is 13.4 Å². The van der Waals surface area contributed by atoms with Crippen molar-refractivity contribution in [2.24, 2.45) is 0 Å². The summed E-state index contributed by atoms with van der Waals surface area (Å²) in [5.41, 5.74) is 1.88. The van der Waals surface area contributed by atoms with Crippen LogP contribution in [-0.4, -0.2) is 74.1 Å². The maximum absolute atomic E-state index is 11.8. The van der Waals surface area contributed by atoms with Crippen molar-refractivity contribution < 1.29 is 8.42 Å².